The van der Waals surface area contributed by atoms with Gasteiger partial charge in [-0.05, 0) is 31.7 Å². The van der Waals surface area contributed by atoms with Crippen LogP contribution in [0.3, 0.4) is 0 Å². The average molecular weight is 281 g/mol. The Labute approximate surface area is 117 Å². The first kappa shape index (κ1) is 15.5. The Morgan fingerprint density at radius 2 is 1.84 bits per heavy atom. The molecule has 6 heteroatoms. The number of rotatable bonds is 5. The second-order valence-electron chi connectivity index (χ2n) is 4.00. The van der Waals surface area contributed by atoms with Crippen LogP contribution in [0.2, 0.25) is 0 Å². The van der Waals surface area contributed by atoms with Crippen molar-refractivity contribution < 1.29 is 9.59 Å². The topological polar surface area (TPSA) is 70.2 Å². The number of carbonyl (C=O) groups is 2. The molecule has 1 rings (SSSR count). The fourth-order valence-corrected chi connectivity index (χ4v) is 2.29. The normalized spacial score (nSPS) is 11.7. The van der Waals surface area contributed by atoms with Crippen molar-refractivity contribution >= 4 is 23.7 Å². The predicted octanol–water partition coefficient (Wildman–Crippen LogP) is 1.34. The van der Waals surface area contributed by atoms with Crippen molar-refractivity contribution in [1.82, 2.24) is 16.0 Å². The van der Waals surface area contributed by atoms with E-state index in [1.807, 2.05) is 31.3 Å². The minimum absolute atomic E-state index is 0.302. The highest BCUT2D eigenvalue weighted by atomic mass is 32.2. The van der Waals surface area contributed by atoms with Crippen LogP contribution in [0.15, 0.2) is 29.2 Å². The molecular formula is C13H19N3O2S. The smallest absolute Gasteiger partial charge is 0.321 e. The van der Waals surface area contributed by atoms with Crippen LogP contribution in [0.25, 0.3) is 0 Å². The van der Waals surface area contributed by atoms with Gasteiger partial charge in [0.25, 0.3) is 0 Å². The molecule has 3 amide bonds. The third kappa shape index (κ3) is 5.32. The second kappa shape index (κ2) is 7.81. The van der Waals surface area contributed by atoms with Crippen LogP contribution in [-0.2, 0) is 11.3 Å². The summed E-state index contributed by atoms with van der Waals surface area (Å²) in [5.74, 6) is -0.302. The zero-order valence-electron chi connectivity index (χ0n) is 11.3. The first-order valence-corrected chi connectivity index (χ1v) is 6.87. The molecule has 19 heavy (non-hydrogen) atoms. The standard InChI is InChI=1S/C13H19N3O2S/c1-9(12(17)16-13(18)15-3)19-11-6-4-10(5-7-11)8-14-2/h4-7,9,14H,8H2,1-3H3,(H2,15,16,17,18). The van der Waals surface area contributed by atoms with Gasteiger partial charge in [0.05, 0.1) is 5.25 Å². The first-order valence-electron chi connectivity index (χ1n) is 5.99. The molecule has 0 aliphatic rings. The van der Waals surface area contributed by atoms with E-state index in [9.17, 15) is 9.59 Å². The van der Waals surface area contributed by atoms with E-state index in [-0.39, 0.29) is 11.2 Å². The molecule has 3 N–H and O–H groups in total. The van der Waals surface area contributed by atoms with E-state index in [0.717, 1.165) is 11.4 Å². The molecule has 0 heterocycles. The lowest BCUT2D eigenvalue weighted by Crippen LogP contribution is -2.41. The van der Waals surface area contributed by atoms with Crippen LogP contribution in [0.1, 0.15) is 12.5 Å². The SMILES string of the molecule is CNCc1ccc(SC(C)C(=O)NC(=O)NC)cc1. The average Bonchev–Trinajstić information content (AvgIpc) is 2.41. The molecular weight excluding hydrogens is 262 g/mol. The number of amides is 3. The summed E-state index contributed by atoms with van der Waals surface area (Å²) in [7, 11) is 3.37. The number of hydrogen-bond acceptors (Lipinski definition) is 4. The van der Waals surface area contributed by atoms with E-state index in [0.29, 0.717) is 0 Å². The molecule has 0 spiro atoms. The van der Waals surface area contributed by atoms with E-state index < -0.39 is 6.03 Å². The first-order chi connectivity index (χ1) is 9.06. The number of imide groups is 1. The Bertz CT molecular complexity index is 434. The lowest BCUT2D eigenvalue weighted by molar-refractivity contribution is -0.119. The largest absolute Gasteiger partial charge is 0.341 e. The molecule has 5 nitrogen and oxygen atoms in total. The zero-order valence-corrected chi connectivity index (χ0v) is 12.1. The minimum Gasteiger partial charge on any atom is -0.341 e. The summed E-state index contributed by atoms with van der Waals surface area (Å²) in [5.41, 5.74) is 1.19. The van der Waals surface area contributed by atoms with Crippen molar-refractivity contribution in [3.63, 3.8) is 0 Å². The predicted molar refractivity (Wildman–Crippen MR) is 77.1 cm³/mol. The Kier molecular flexibility index (Phi) is 6.38. The van der Waals surface area contributed by atoms with Crippen molar-refractivity contribution in [3.8, 4) is 0 Å². The zero-order chi connectivity index (χ0) is 14.3. The Morgan fingerprint density at radius 1 is 1.21 bits per heavy atom. The summed E-state index contributed by atoms with van der Waals surface area (Å²) in [4.78, 5) is 23.7. The van der Waals surface area contributed by atoms with Gasteiger partial charge in [0, 0.05) is 18.5 Å². The summed E-state index contributed by atoms with van der Waals surface area (Å²) in [6.07, 6.45) is 0. The number of carbonyl (C=O) groups excluding carboxylic acids is 2. The van der Waals surface area contributed by atoms with Gasteiger partial charge in [0.2, 0.25) is 5.91 Å². The van der Waals surface area contributed by atoms with Gasteiger partial charge in [-0.1, -0.05) is 12.1 Å². The third-order valence-electron chi connectivity index (χ3n) is 2.45. The highest BCUT2D eigenvalue weighted by molar-refractivity contribution is 8.00. The van der Waals surface area contributed by atoms with E-state index in [1.165, 1.54) is 24.4 Å². The van der Waals surface area contributed by atoms with E-state index in [2.05, 4.69) is 16.0 Å². The highest BCUT2D eigenvalue weighted by Gasteiger charge is 2.16. The van der Waals surface area contributed by atoms with Gasteiger partial charge < -0.3 is 10.6 Å². The Hall–Kier alpha value is -1.53. The van der Waals surface area contributed by atoms with E-state index in [4.69, 9.17) is 0 Å². The summed E-state index contributed by atoms with van der Waals surface area (Å²) >= 11 is 1.42. The van der Waals surface area contributed by atoms with Crippen molar-refractivity contribution in [1.29, 1.82) is 0 Å². The van der Waals surface area contributed by atoms with Crippen molar-refractivity contribution in [2.24, 2.45) is 0 Å². The number of thioether (sulfide) groups is 1. The molecule has 1 aromatic rings. The summed E-state index contributed by atoms with van der Waals surface area (Å²) in [5, 5.41) is 7.36. The van der Waals surface area contributed by atoms with Crippen LogP contribution < -0.4 is 16.0 Å². The monoisotopic (exact) mass is 281 g/mol. The van der Waals surface area contributed by atoms with Gasteiger partial charge in [0.15, 0.2) is 0 Å². The minimum atomic E-state index is -0.484. The highest BCUT2D eigenvalue weighted by Crippen LogP contribution is 2.23. The Morgan fingerprint density at radius 3 is 2.37 bits per heavy atom. The molecule has 0 aromatic heterocycles. The number of nitrogens with one attached hydrogen (secondary N) is 3. The lowest BCUT2D eigenvalue weighted by atomic mass is 10.2. The molecule has 1 atom stereocenters. The molecule has 1 unspecified atom stereocenters. The molecule has 0 bridgehead atoms. The molecule has 104 valence electrons. The molecule has 0 fully saturated rings. The molecule has 0 aliphatic heterocycles. The summed E-state index contributed by atoms with van der Waals surface area (Å²) in [6, 6.07) is 7.49. The van der Waals surface area contributed by atoms with E-state index in [1.54, 1.807) is 6.92 Å². The number of urea groups is 1. The van der Waals surface area contributed by atoms with E-state index >= 15 is 0 Å². The van der Waals surface area contributed by atoms with Crippen molar-refractivity contribution in [2.45, 2.75) is 23.6 Å². The summed E-state index contributed by atoms with van der Waals surface area (Å²) < 4.78 is 0. The van der Waals surface area contributed by atoms with Crippen LogP contribution in [0.4, 0.5) is 4.79 Å². The van der Waals surface area contributed by atoms with Gasteiger partial charge in [0.1, 0.15) is 0 Å². The van der Waals surface area contributed by atoms with Crippen LogP contribution in [-0.4, -0.2) is 31.3 Å². The maximum Gasteiger partial charge on any atom is 0.321 e. The van der Waals surface area contributed by atoms with Crippen LogP contribution >= 0.6 is 11.8 Å². The fourth-order valence-electron chi connectivity index (χ4n) is 1.42. The van der Waals surface area contributed by atoms with Crippen LogP contribution in [0.5, 0.6) is 0 Å². The molecule has 1 aromatic carbocycles. The maximum atomic E-state index is 11.7. The molecule has 0 saturated carbocycles. The van der Waals surface area contributed by atoms with Crippen molar-refractivity contribution in [3.05, 3.63) is 29.8 Å². The van der Waals surface area contributed by atoms with Gasteiger partial charge in [-0.15, -0.1) is 11.8 Å². The number of benzene rings is 1. The maximum absolute atomic E-state index is 11.7. The molecule has 0 aliphatic carbocycles. The van der Waals surface area contributed by atoms with Crippen LogP contribution in [0, 0.1) is 0 Å². The summed E-state index contributed by atoms with van der Waals surface area (Å²) in [6.45, 7) is 2.59. The lowest BCUT2D eigenvalue weighted by Gasteiger charge is -2.11. The van der Waals surface area contributed by atoms with Gasteiger partial charge in [-0.25, -0.2) is 4.79 Å². The Balaban J connectivity index is 2.53. The third-order valence-corrected chi connectivity index (χ3v) is 3.56. The van der Waals surface area contributed by atoms with Gasteiger partial charge in [-0.2, -0.15) is 0 Å². The molecule has 0 radical (unpaired) electrons. The number of hydrogen-bond donors (Lipinski definition) is 3. The molecule has 0 saturated heterocycles. The quantitative estimate of drug-likeness (QED) is 0.712. The fraction of sp³-hybridized carbons (Fsp3) is 0.385. The second-order valence-corrected chi connectivity index (χ2v) is 5.42. The van der Waals surface area contributed by atoms with Gasteiger partial charge in [-0.3, -0.25) is 10.1 Å². The van der Waals surface area contributed by atoms with Crippen molar-refractivity contribution in [2.75, 3.05) is 14.1 Å². The van der Waals surface area contributed by atoms with Gasteiger partial charge >= 0.3 is 6.03 Å².